The smallest absolute Gasteiger partial charge is 0.258 e. The van der Waals surface area contributed by atoms with Crippen LogP contribution in [0.25, 0.3) is 0 Å². The van der Waals surface area contributed by atoms with Crippen molar-refractivity contribution in [3.05, 3.63) is 59.2 Å². The third-order valence-electron chi connectivity index (χ3n) is 2.75. The summed E-state index contributed by atoms with van der Waals surface area (Å²) in [4.78, 5) is 11.9. The first-order chi connectivity index (χ1) is 8.99. The Balaban J connectivity index is 2.31. The Morgan fingerprint density at radius 2 is 1.89 bits per heavy atom. The van der Waals surface area contributed by atoms with E-state index in [9.17, 15) is 13.6 Å². The summed E-state index contributed by atoms with van der Waals surface area (Å²) in [6, 6.07) is 8.00. The Kier molecular flexibility index (Phi) is 3.46. The van der Waals surface area contributed by atoms with E-state index in [1.54, 1.807) is 6.07 Å². The predicted molar refractivity (Wildman–Crippen MR) is 69.9 cm³/mol. The number of halogens is 2. The van der Waals surface area contributed by atoms with Gasteiger partial charge in [-0.1, -0.05) is 6.07 Å². The minimum atomic E-state index is -0.680. The molecule has 3 nitrogen and oxygen atoms in total. The zero-order valence-corrected chi connectivity index (χ0v) is 10.2. The van der Waals surface area contributed by atoms with Crippen LogP contribution >= 0.6 is 0 Å². The fourth-order valence-electron chi connectivity index (χ4n) is 1.65. The van der Waals surface area contributed by atoms with Gasteiger partial charge in [-0.3, -0.25) is 4.79 Å². The number of amides is 1. The molecule has 19 heavy (non-hydrogen) atoms. The van der Waals surface area contributed by atoms with Gasteiger partial charge in [-0.05, 0) is 37.3 Å². The molecule has 0 spiro atoms. The molecule has 0 fully saturated rings. The fourth-order valence-corrected chi connectivity index (χ4v) is 1.65. The molecule has 5 heteroatoms. The van der Waals surface area contributed by atoms with Gasteiger partial charge in [0.15, 0.2) is 0 Å². The summed E-state index contributed by atoms with van der Waals surface area (Å²) in [6.45, 7) is 1.53. The third kappa shape index (κ3) is 2.70. The number of nitrogen functional groups attached to an aromatic ring is 1. The summed E-state index contributed by atoms with van der Waals surface area (Å²) in [5.74, 6) is -1.79. The third-order valence-corrected chi connectivity index (χ3v) is 2.75. The SMILES string of the molecule is Cc1c(F)cccc1NC(=O)c1cc(N)ccc1F. The first kappa shape index (κ1) is 13.0. The van der Waals surface area contributed by atoms with Crippen LogP contribution in [0.5, 0.6) is 0 Å². The van der Waals surface area contributed by atoms with Crippen LogP contribution in [0, 0.1) is 18.6 Å². The highest BCUT2D eigenvalue weighted by atomic mass is 19.1. The first-order valence-electron chi connectivity index (χ1n) is 5.60. The molecule has 0 aliphatic carbocycles. The molecule has 0 aliphatic heterocycles. The van der Waals surface area contributed by atoms with Crippen molar-refractivity contribution in [3.63, 3.8) is 0 Å². The van der Waals surface area contributed by atoms with Crippen LogP contribution in [0.2, 0.25) is 0 Å². The molecule has 98 valence electrons. The lowest BCUT2D eigenvalue weighted by Gasteiger charge is -2.09. The number of anilines is 2. The van der Waals surface area contributed by atoms with Crippen LogP contribution < -0.4 is 11.1 Å². The molecular weight excluding hydrogens is 250 g/mol. The average molecular weight is 262 g/mol. The molecule has 0 radical (unpaired) electrons. The number of nitrogens with one attached hydrogen (secondary N) is 1. The maximum Gasteiger partial charge on any atom is 0.258 e. The second-order valence-corrected chi connectivity index (χ2v) is 4.11. The van der Waals surface area contributed by atoms with Crippen molar-refractivity contribution in [1.29, 1.82) is 0 Å². The van der Waals surface area contributed by atoms with Gasteiger partial charge in [-0.15, -0.1) is 0 Å². The summed E-state index contributed by atoms with van der Waals surface area (Å²) in [6.07, 6.45) is 0. The Hall–Kier alpha value is -2.43. The maximum atomic E-state index is 13.5. The summed E-state index contributed by atoms with van der Waals surface area (Å²) < 4.78 is 26.8. The Morgan fingerprint density at radius 1 is 1.16 bits per heavy atom. The molecule has 0 unspecified atom stereocenters. The molecule has 2 rings (SSSR count). The number of carbonyl (C=O) groups is 1. The molecule has 2 aromatic rings. The van der Waals surface area contributed by atoms with Crippen LogP contribution in [0.4, 0.5) is 20.2 Å². The highest BCUT2D eigenvalue weighted by molar-refractivity contribution is 6.05. The van der Waals surface area contributed by atoms with E-state index < -0.39 is 17.5 Å². The van der Waals surface area contributed by atoms with Gasteiger partial charge in [0.05, 0.1) is 5.56 Å². The predicted octanol–water partition coefficient (Wildman–Crippen LogP) is 3.11. The van der Waals surface area contributed by atoms with E-state index in [-0.39, 0.29) is 11.3 Å². The number of nitrogens with two attached hydrogens (primary N) is 1. The molecule has 0 bridgehead atoms. The summed E-state index contributed by atoms with van der Waals surface area (Å²) in [7, 11) is 0. The van der Waals surface area contributed by atoms with Crippen molar-refractivity contribution in [2.45, 2.75) is 6.92 Å². The average Bonchev–Trinajstić information content (AvgIpc) is 2.38. The van der Waals surface area contributed by atoms with Crippen LogP contribution in [-0.2, 0) is 0 Å². The van der Waals surface area contributed by atoms with E-state index in [0.29, 0.717) is 11.3 Å². The van der Waals surface area contributed by atoms with Gasteiger partial charge in [0.2, 0.25) is 0 Å². The summed E-state index contributed by atoms with van der Waals surface area (Å²) in [5.41, 5.74) is 6.20. The lowest BCUT2D eigenvalue weighted by atomic mass is 10.1. The molecule has 0 saturated carbocycles. The molecule has 0 atom stereocenters. The van der Waals surface area contributed by atoms with E-state index in [1.807, 2.05) is 0 Å². The van der Waals surface area contributed by atoms with Crippen molar-refractivity contribution in [2.24, 2.45) is 0 Å². The van der Waals surface area contributed by atoms with Gasteiger partial charge in [-0.25, -0.2) is 8.78 Å². The number of rotatable bonds is 2. The normalized spacial score (nSPS) is 10.3. The molecule has 2 aromatic carbocycles. The van der Waals surface area contributed by atoms with Gasteiger partial charge in [0, 0.05) is 16.9 Å². The Bertz CT molecular complexity index is 641. The molecule has 0 aromatic heterocycles. The van der Waals surface area contributed by atoms with Crippen molar-refractivity contribution >= 4 is 17.3 Å². The maximum absolute atomic E-state index is 13.5. The second-order valence-electron chi connectivity index (χ2n) is 4.11. The number of carbonyl (C=O) groups excluding carboxylic acids is 1. The van der Waals surface area contributed by atoms with Crippen LogP contribution in [0.3, 0.4) is 0 Å². The lowest BCUT2D eigenvalue weighted by Crippen LogP contribution is -2.15. The van der Waals surface area contributed by atoms with Gasteiger partial charge in [0.25, 0.3) is 5.91 Å². The van der Waals surface area contributed by atoms with Gasteiger partial charge < -0.3 is 11.1 Å². The Labute approximate surface area is 109 Å². The summed E-state index contributed by atoms with van der Waals surface area (Å²) >= 11 is 0. The number of hydrogen-bond acceptors (Lipinski definition) is 2. The minimum Gasteiger partial charge on any atom is -0.399 e. The highest BCUT2D eigenvalue weighted by Gasteiger charge is 2.14. The van der Waals surface area contributed by atoms with Crippen LogP contribution in [-0.4, -0.2) is 5.91 Å². The number of benzene rings is 2. The number of hydrogen-bond donors (Lipinski definition) is 2. The van der Waals surface area contributed by atoms with E-state index in [4.69, 9.17) is 5.73 Å². The van der Waals surface area contributed by atoms with Crippen molar-refractivity contribution in [1.82, 2.24) is 0 Å². The van der Waals surface area contributed by atoms with Crippen LogP contribution in [0.1, 0.15) is 15.9 Å². The fraction of sp³-hybridized carbons (Fsp3) is 0.0714. The van der Waals surface area contributed by atoms with E-state index in [1.165, 1.54) is 31.2 Å². The standard InChI is InChI=1S/C14H12F2N2O/c1-8-11(15)3-2-4-13(8)18-14(19)10-7-9(17)5-6-12(10)16/h2-7H,17H2,1H3,(H,18,19). The van der Waals surface area contributed by atoms with E-state index >= 15 is 0 Å². The van der Waals surface area contributed by atoms with E-state index in [0.717, 1.165) is 6.07 Å². The zero-order chi connectivity index (χ0) is 14.0. The van der Waals surface area contributed by atoms with Gasteiger partial charge >= 0.3 is 0 Å². The van der Waals surface area contributed by atoms with Gasteiger partial charge in [0.1, 0.15) is 11.6 Å². The molecule has 0 aliphatic rings. The lowest BCUT2D eigenvalue weighted by molar-refractivity contribution is 0.102. The van der Waals surface area contributed by atoms with Gasteiger partial charge in [-0.2, -0.15) is 0 Å². The second kappa shape index (κ2) is 5.06. The van der Waals surface area contributed by atoms with Crippen molar-refractivity contribution < 1.29 is 13.6 Å². The monoisotopic (exact) mass is 262 g/mol. The topological polar surface area (TPSA) is 55.1 Å². The largest absolute Gasteiger partial charge is 0.399 e. The minimum absolute atomic E-state index is 0.177. The molecule has 1 amide bonds. The first-order valence-corrected chi connectivity index (χ1v) is 5.60. The Morgan fingerprint density at radius 3 is 2.63 bits per heavy atom. The van der Waals surface area contributed by atoms with E-state index in [2.05, 4.69) is 5.32 Å². The zero-order valence-electron chi connectivity index (χ0n) is 10.2. The van der Waals surface area contributed by atoms with Crippen molar-refractivity contribution in [2.75, 3.05) is 11.1 Å². The molecule has 0 heterocycles. The van der Waals surface area contributed by atoms with Crippen LogP contribution in [0.15, 0.2) is 36.4 Å². The quantitative estimate of drug-likeness (QED) is 0.817. The van der Waals surface area contributed by atoms with Crippen molar-refractivity contribution in [3.8, 4) is 0 Å². The molecule has 3 N–H and O–H groups in total. The summed E-state index contributed by atoms with van der Waals surface area (Å²) in [5, 5.41) is 2.46. The highest BCUT2D eigenvalue weighted by Crippen LogP contribution is 2.19. The molecular formula is C14H12F2N2O. The molecule has 0 saturated heterocycles.